The SMILES string of the molecule is COc1ccc(OCCC(C)C)c(N)c1. The van der Waals surface area contributed by atoms with Crippen molar-refractivity contribution in [2.24, 2.45) is 5.92 Å². The Morgan fingerprint density at radius 2 is 2.07 bits per heavy atom. The molecule has 0 spiro atoms. The molecule has 0 aliphatic heterocycles. The van der Waals surface area contributed by atoms with Crippen molar-refractivity contribution >= 4 is 5.69 Å². The van der Waals surface area contributed by atoms with Crippen LogP contribution in [0.5, 0.6) is 11.5 Å². The molecule has 0 aliphatic rings. The highest BCUT2D eigenvalue weighted by atomic mass is 16.5. The molecule has 1 rings (SSSR count). The number of anilines is 1. The summed E-state index contributed by atoms with van der Waals surface area (Å²) in [6, 6.07) is 5.46. The van der Waals surface area contributed by atoms with Crippen LogP contribution in [0, 0.1) is 5.92 Å². The van der Waals surface area contributed by atoms with E-state index in [0.717, 1.165) is 17.9 Å². The zero-order chi connectivity index (χ0) is 11.3. The van der Waals surface area contributed by atoms with Crippen molar-refractivity contribution in [1.82, 2.24) is 0 Å². The lowest BCUT2D eigenvalue weighted by Crippen LogP contribution is -2.03. The first kappa shape index (κ1) is 11.7. The van der Waals surface area contributed by atoms with E-state index in [-0.39, 0.29) is 0 Å². The Morgan fingerprint density at radius 3 is 2.60 bits per heavy atom. The van der Waals surface area contributed by atoms with Crippen molar-refractivity contribution in [2.75, 3.05) is 19.5 Å². The third-order valence-electron chi connectivity index (χ3n) is 2.17. The molecule has 0 fully saturated rings. The Morgan fingerprint density at radius 1 is 1.33 bits per heavy atom. The number of benzene rings is 1. The van der Waals surface area contributed by atoms with E-state index in [1.165, 1.54) is 0 Å². The second-order valence-electron chi connectivity index (χ2n) is 3.93. The van der Waals surface area contributed by atoms with E-state index in [0.29, 0.717) is 18.2 Å². The predicted molar refractivity (Wildman–Crippen MR) is 62.4 cm³/mol. The fraction of sp³-hybridized carbons (Fsp3) is 0.500. The van der Waals surface area contributed by atoms with Crippen molar-refractivity contribution < 1.29 is 9.47 Å². The highest BCUT2D eigenvalue weighted by molar-refractivity contribution is 5.56. The van der Waals surface area contributed by atoms with E-state index >= 15 is 0 Å². The minimum atomic E-state index is 0.623. The number of rotatable bonds is 5. The van der Waals surface area contributed by atoms with Crippen LogP contribution in [-0.2, 0) is 0 Å². The maximum atomic E-state index is 5.81. The fourth-order valence-corrected chi connectivity index (χ4v) is 1.19. The summed E-state index contributed by atoms with van der Waals surface area (Å²) in [5.74, 6) is 2.13. The highest BCUT2D eigenvalue weighted by Crippen LogP contribution is 2.26. The van der Waals surface area contributed by atoms with Gasteiger partial charge in [-0.1, -0.05) is 13.8 Å². The van der Waals surface area contributed by atoms with Crippen molar-refractivity contribution in [3.8, 4) is 11.5 Å². The van der Waals surface area contributed by atoms with Gasteiger partial charge in [-0.25, -0.2) is 0 Å². The molecule has 0 aromatic heterocycles. The van der Waals surface area contributed by atoms with Gasteiger partial charge >= 0.3 is 0 Å². The maximum absolute atomic E-state index is 5.81. The molecule has 3 nitrogen and oxygen atoms in total. The Hall–Kier alpha value is -1.38. The molecule has 0 unspecified atom stereocenters. The van der Waals surface area contributed by atoms with Crippen LogP contribution in [0.25, 0.3) is 0 Å². The summed E-state index contributed by atoms with van der Waals surface area (Å²) in [5, 5.41) is 0. The Labute approximate surface area is 91.2 Å². The van der Waals surface area contributed by atoms with Crippen LogP contribution in [0.3, 0.4) is 0 Å². The number of hydrogen-bond donors (Lipinski definition) is 1. The maximum Gasteiger partial charge on any atom is 0.142 e. The average Bonchev–Trinajstić information content (AvgIpc) is 2.20. The van der Waals surface area contributed by atoms with Crippen LogP contribution in [0.1, 0.15) is 20.3 Å². The Kier molecular flexibility index (Phi) is 4.28. The van der Waals surface area contributed by atoms with Crippen molar-refractivity contribution in [1.29, 1.82) is 0 Å². The van der Waals surface area contributed by atoms with Gasteiger partial charge in [0, 0.05) is 6.07 Å². The molecule has 0 heterocycles. The molecule has 84 valence electrons. The van der Waals surface area contributed by atoms with Gasteiger partial charge in [0.05, 0.1) is 19.4 Å². The molecule has 3 heteroatoms. The molecule has 0 bridgehead atoms. The second-order valence-corrected chi connectivity index (χ2v) is 3.93. The lowest BCUT2D eigenvalue weighted by molar-refractivity contribution is 0.290. The molecule has 0 saturated heterocycles. The third-order valence-corrected chi connectivity index (χ3v) is 2.17. The van der Waals surface area contributed by atoms with Crippen LogP contribution in [0.2, 0.25) is 0 Å². The lowest BCUT2D eigenvalue weighted by Gasteiger charge is -2.11. The van der Waals surface area contributed by atoms with Gasteiger partial charge in [0.15, 0.2) is 0 Å². The van der Waals surface area contributed by atoms with E-state index in [1.807, 2.05) is 12.1 Å². The number of hydrogen-bond acceptors (Lipinski definition) is 3. The molecule has 15 heavy (non-hydrogen) atoms. The molecular formula is C12H19NO2. The lowest BCUT2D eigenvalue weighted by atomic mass is 10.1. The molecule has 0 amide bonds. The van der Waals surface area contributed by atoms with E-state index in [2.05, 4.69) is 13.8 Å². The largest absolute Gasteiger partial charge is 0.497 e. The van der Waals surface area contributed by atoms with E-state index in [9.17, 15) is 0 Å². The Bertz CT molecular complexity index is 310. The summed E-state index contributed by atoms with van der Waals surface area (Å²) in [7, 11) is 1.62. The molecule has 0 atom stereocenters. The van der Waals surface area contributed by atoms with Crippen molar-refractivity contribution in [2.45, 2.75) is 20.3 Å². The van der Waals surface area contributed by atoms with Gasteiger partial charge in [0.1, 0.15) is 11.5 Å². The minimum Gasteiger partial charge on any atom is -0.497 e. The molecule has 2 N–H and O–H groups in total. The smallest absolute Gasteiger partial charge is 0.142 e. The van der Waals surface area contributed by atoms with Crippen LogP contribution in [-0.4, -0.2) is 13.7 Å². The molecule has 1 aromatic carbocycles. The quantitative estimate of drug-likeness (QED) is 0.758. The number of ether oxygens (including phenoxy) is 2. The predicted octanol–water partition coefficient (Wildman–Crippen LogP) is 2.70. The minimum absolute atomic E-state index is 0.623. The van der Waals surface area contributed by atoms with Crippen molar-refractivity contribution in [3.05, 3.63) is 18.2 Å². The topological polar surface area (TPSA) is 44.5 Å². The molecule has 1 aromatic rings. The standard InChI is InChI=1S/C12H19NO2/c1-9(2)6-7-15-12-5-4-10(14-3)8-11(12)13/h4-5,8-9H,6-7,13H2,1-3H3. The summed E-state index contributed by atoms with van der Waals surface area (Å²) in [4.78, 5) is 0. The number of methoxy groups -OCH3 is 1. The average molecular weight is 209 g/mol. The van der Waals surface area contributed by atoms with Crippen LogP contribution >= 0.6 is 0 Å². The van der Waals surface area contributed by atoms with Crippen LogP contribution in [0.15, 0.2) is 18.2 Å². The first-order valence-corrected chi connectivity index (χ1v) is 5.19. The summed E-state index contributed by atoms with van der Waals surface area (Å²) < 4.78 is 10.6. The zero-order valence-corrected chi connectivity index (χ0v) is 9.62. The highest BCUT2D eigenvalue weighted by Gasteiger charge is 2.02. The van der Waals surface area contributed by atoms with Crippen molar-refractivity contribution in [3.63, 3.8) is 0 Å². The van der Waals surface area contributed by atoms with E-state index < -0.39 is 0 Å². The molecule has 0 aliphatic carbocycles. The summed E-state index contributed by atoms with van der Waals surface area (Å²) in [6.45, 7) is 5.04. The normalized spacial score (nSPS) is 10.4. The van der Waals surface area contributed by atoms with Gasteiger partial charge in [-0.3, -0.25) is 0 Å². The Balaban J connectivity index is 2.54. The van der Waals surface area contributed by atoms with Gasteiger partial charge in [0.2, 0.25) is 0 Å². The molecule has 0 saturated carbocycles. The second kappa shape index (κ2) is 5.49. The van der Waals surface area contributed by atoms with Gasteiger partial charge in [0.25, 0.3) is 0 Å². The van der Waals surface area contributed by atoms with Gasteiger partial charge in [-0.15, -0.1) is 0 Å². The van der Waals surface area contributed by atoms with Gasteiger partial charge in [-0.05, 0) is 24.5 Å². The number of nitrogens with two attached hydrogens (primary N) is 1. The van der Waals surface area contributed by atoms with Gasteiger partial charge < -0.3 is 15.2 Å². The van der Waals surface area contributed by atoms with Gasteiger partial charge in [-0.2, -0.15) is 0 Å². The monoisotopic (exact) mass is 209 g/mol. The van der Waals surface area contributed by atoms with E-state index in [1.54, 1.807) is 13.2 Å². The molecule has 0 radical (unpaired) electrons. The van der Waals surface area contributed by atoms with Crippen LogP contribution in [0.4, 0.5) is 5.69 Å². The van der Waals surface area contributed by atoms with E-state index in [4.69, 9.17) is 15.2 Å². The first-order valence-electron chi connectivity index (χ1n) is 5.19. The summed E-state index contributed by atoms with van der Waals surface area (Å²) in [5.41, 5.74) is 6.43. The fourth-order valence-electron chi connectivity index (χ4n) is 1.19. The first-order chi connectivity index (χ1) is 7.13. The summed E-state index contributed by atoms with van der Waals surface area (Å²) in [6.07, 6.45) is 1.03. The summed E-state index contributed by atoms with van der Waals surface area (Å²) >= 11 is 0. The number of nitrogen functional groups attached to an aromatic ring is 1. The zero-order valence-electron chi connectivity index (χ0n) is 9.62. The molecular weight excluding hydrogens is 190 g/mol. The third kappa shape index (κ3) is 3.70. The van der Waals surface area contributed by atoms with Crippen LogP contribution < -0.4 is 15.2 Å².